The van der Waals surface area contributed by atoms with E-state index < -0.39 is 0 Å². The Morgan fingerprint density at radius 2 is 0.922 bits per heavy atom. The van der Waals surface area contributed by atoms with Gasteiger partial charge < -0.3 is 0 Å². The maximum atomic E-state index is 4.81. The normalized spacial score (nSPS) is 12.3. The first kappa shape index (κ1) is 32.7. The molecule has 2 heterocycles. The molecular formula is C48H45N3. The largest absolute Gasteiger partial charge is 0.274 e. The molecule has 3 heteroatoms. The second kappa shape index (κ2) is 12.1. The molecule has 0 aliphatic heterocycles. The Morgan fingerprint density at radius 1 is 0.431 bits per heavy atom. The second-order valence-electron chi connectivity index (χ2n) is 16.2. The van der Waals surface area contributed by atoms with Crippen LogP contribution in [-0.4, -0.2) is 14.6 Å². The minimum Gasteiger partial charge on any atom is -0.274 e. The maximum absolute atomic E-state index is 4.81. The molecular weight excluding hydrogens is 619 g/mol. The predicted molar refractivity (Wildman–Crippen MR) is 217 cm³/mol. The van der Waals surface area contributed by atoms with Gasteiger partial charge >= 0.3 is 0 Å². The van der Waals surface area contributed by atoms with Gasteiger partial charge in [-0.3, -0.25) is 4.40 Å². The lowest BCUT2D eigenvalue weighted by Crippen LogP contribution is -2.10. The Balaban J connectivity index is 1.36. The molecule has 0 saturated carbocycles. The second-order valence-corrected chi connectivity index (χ2v) is 16.2. The Hall–Kier alpha value is -5.54. The summed E-state index contributed by atoms with van der Waals surface area (Å²) in [7, 11) is 0. The van der Waals surface area contributed by atoms with E-state index in [0.29, 0.717) is 0 Å². The average Bonchev–Trinajstić information content (AvgIpc) is 3.56. The minimum atomic E-state index is 0.0994. The van der Waals surface area contributed by atoms with Crippen LogP contribution in [0, 0.1) is 13.8 Å². The molecule has 8 rings (SSSR count). The molecule has 0 N–H and O–H groups in total. The Morgan fingerprint density at radius 3 is 1.45 bits per heavy atom. The Bertz CT molecular complexity index is 2490. The van der Waals surface area contributed by atoms with E-state index >= 15 is 0 Å². The molecule has 51 heavy (non-hydrogen) atoms. The quantitative estimate of drug-likeness (QED) is 0.175. The number of hydrogen-bond acceptors (Lipinski definition) is 2. The zero-order chi connectivity index (χ0) is 35.7. The highest BCUT2D eigenvalue weighted by molar-refractivity contribution is 6.13. The zero-order valence-corrected chi connectivity index (χ0v) is 31.0. The van der Waals surface area contributed by atoms with Gasteiger partial charge in [0.2, 0.25) is 0 Å². The Labute approximate surface area is 301 Å². The number of nitrogens with zero attached hydrogens (tertiary/aromatic N) is 3. The molecule has 2 aromatic heterocycles. The summed E-state index contributed by atoms with van der Waals surface area (Å²) in [5.41, 5.74) is 15.6. The van der Waals surface area contributed by atoms with Gasteiger partial charge in [-0.25, -0.2) is 0 Å². The zero-order valence-electron chi connectivity index (χ0n) is 31.0. The first-order valence-electron chi connectivity index (χ1n) is 18.0. The highest BCUT2D eigenvalue weighted by Crippen LogP contribution is 2.39. The van der Waals surface area contributed by atoms with Crippen LogP contribution in [0.2, 0.25) is 0 Å². The predicted octanol–water partition coefficient (Wildman–Crippen LogP) is 12.9. The monoisotopic (exact) mass is 663 g/mol. The van der Waals surface area contributed by atoms with Crippen molar-refractivity contribution in [1.82, 2.24) is 14.6 Å². The lowest BCUT2D eigenvalue weighted by Gasteiger charge is -2.20. The van der Waals surface area contributed by atoms with Crippen molar-refractivity contribution in [1.29, 1.82) is 0 Å². The van der Waals surface area contributed by atoms with E-state index in [0.717, 1.165) is 27.9 Å². The summed E-state index contributed by atoms with van der Waals surface area (Å²) >= 11 is 0. The number of rotatable bonds is 4. The summed E-state index contributed by atoms with van der Waals surface area (Å²) in [6.45, 7) is 17.9. The van der Waals surface area contributed by atoms with Crippen LogP contribution in [-0.2, 0) is 10.8 Å². The summed E-state index contributed by atoms with van der Waals surface area (Å²) in [4.78, 5) is 0. The third kappa shape index (κ3) is 5.81. The molecule has 0 radical (unpaired) electrons. The molecule has 0 aliphatic rings. The number of pyridine rings is 1. The molecule has 0 unspecified atom stereocenters. The lowest BCUT2D eigenvalue weighted by molar-refractivity contribution is 0.590. The molecule has 0 aliphatic carbocycles. The van der Waals surface area contributed by atoms with E-state index in [1.807, 2.05) is 0 Å². The van der Waals surface area contributed by atoms with E-state index in [1.54, 1.807) is 0 Å². The van der Waals surface area contributed by atoms with E-state index in [9.17, 15) is 0 Å². The molecule has 6 aromatic carbocycles. The van der Waals surface area contributed by atoms with Crippen molar-refractivity contribution in [3.8, 4) is 44.8 Å². The molecule has 0 bridgehead atoms. The summed E-state index contributed by atoms with van der Waals surface area (Å²) < 4.78 is 2.26. The fraction of sp³-hybridized carbons (Fsp3) is 0.208. The van der Waals surface area contributed by atoms with Crippen LogP contribution in [0.5, 0.6) is 0 Å². The van der Waals surface area contributed by atoms with Crippen molar-refractivity contribution in [2.75, 3.05) is 0 Å². The van der Waals surface area contributed by atoms with Crippen LogP contribution in [0.3, 0.4) is 0 Å². The van der Waals surface area contributed by atoms with Gasteiger partial charge in [-0.15, -0.1) is 10.2 Å². The third-order valence-corrected chi connectivity index (χ3v) is 10.5. The first-order chi connectivity index (χ1) is 24.4. The van der Waals surface area contributed by atoms with Gasteiger partial charge in [0, 0.05) is 16.3 Å². The lowest BCUT2D eigenvalue weighted by atomic mass is 9.85. The van der Waals surface area contributed by atoms with Crippen molar-refractivity contribution in [3.05, 3.63) is 150 Å². The molecule has 0 atom stereocenters. The fourth-order valence-corrected chi connectivity index (χ4v) is 7.51. The van der Waals surface area contributed by atoms with Crippen molar-refractivity contribution >= 4 is 27.3 Å². The van der Waals surface area contributed by atoms with Crippen molar-refractivity contribution in [2.24, 2.45) is 0 Å². The highest BCUT2D eigenvalue weighted by atomic mass is 15.2. The van der Waals surface area contributed by atoms with Crippen molar-refractivity contribution < 1.29 is 0 Å². The number of benzene rings is 6. The van der Waals surface area contributed by atoms with Crippen LogP contribution in [0.1, 0.15) is 63.8 Å². The number of aromatic nitrogens is 3. The van der Waals surface area contributed by atoms with Gasteiger partial charge in [-0.1, -0.05) is 139 Å². The van der Waals surface area contributed by atoms with Crippen LogP contribution >= 0.6 is 0 Å². The summed E-state index contributed by atoms with van der Waals surface area (Å²) in [6, 6.07) is 47.2. The van der Waals surface area contributed by atoms with Gasteiger partial charge in [0.25, 0.3) is 0 Å². The first-order valence-corrected chi connectivity index (χ1v) is 18.0. The number of hydrogen-bond donors (Lipinski definition) is 0. The highest BCUT2D eigenvalue weighted by Gasteiger charge is 2.20. The smallest absolute Gasteiger partial charge is 0.169 e. The maximum Gasteiger partial charge on any atom is 0.169 e. The molecule has 0 fully saturated rings. The van der Waals surface area contributed by atoms with Crippen LogP contribution < -0.4 is 0 Å². The Kier molecular flexibility index (Phi) is 7.72. The molecule has 0 amide bonds. The average molecular weight is 664 g/mol. The number of aryl methyl sites for hydroxylation is 2. The van der Waals surface area contributed by atoms with E-state index in [-0.39, 0.29) is 10.8 Å². The molecule has 3 nitrogen and oxygen atoms in total. The van der Waals surface area contributed by atoms with Crippen molar-refractivity contribution in [2.45, 2.75) is 66.2 Å². The third-order valence-electron chi connectivity index (χ3n) is 10.5. The molecule has 0 saturated heterocycles. The standard InChI is InChI=1S/C48H45N3/c1-30-12-11-13-31(2)44(30)46-50-49-45-41-15-10-9-14-40(41)42-29-34(20-25-43(42)51(45)46)37-27-35(32-16-21-38(22-17-32)47(3,4)5)26-36(28-37)33-18-23-39(24-19-33)48(6,7)8/h9-29H,1-8H3. The van der Waals surface area contributed by atoms with Gasteiger partial charge in [0.05, 0.1) is 5.52 Å². The van der Waals surface area contributed by atoms with Crippen LogP contribution in [0.25, 0.3) is 72.1 Å². The van der Waals surface area contributed by atoms with Gasteiger partial charge in [-0.05, 0) is 116 Å². The molecule has 252 valence electrons. The number of fused-ring (bicyclic) bond motifs is 6. The summed E-state index contributed by atoms with van der Waals surface area (Å²) in [6.07, 6.45) is 0. The van der Waals surface area contributed by atoms with Crippen LogP contribution in [0.4, 0.5) is 0 Å². The van der Waals surface area contributed by atoms with Crippen molar-refractivity contribution in [3.63, 3.8) is 0 Å². The van der Waals surface area contributed by atoms with Gasteiger partial charge in [-0.2, -0.15) is 0 Å². The van der Waals surface area contributed by atoms with E-state index in [2.05, 4.69) is 187 Å². The summed E-state index contributed by atoms with van der Waals surface area (Å²) in [5.74, 6) is 0.880. The van der Waals surface area contributed by atoms with Gasteiger partial charge in [0.15, 0.2) is 11.5 Å². The van der Waals surface area contributed by atoms with Crippen LogP contribution in [0.15, 0.2) is 127 Å². The van der Waals surface area contributed by atoms with E-state index in [4.69, 9.17) is 10.2 Å². The van der Waals surface area contributed by atoms with Gasteiger partial charge in [0.1, 0.15) is 0 Å². The molecule has 0 spiro atoms. The summed E-state index contributed by atoms with van der Waals surface area (Å²) in [5, 5.41) is 13.0. The molecule has 8 aromatic rings. The SMILES string of the molecule is Cc1cccc(C)c1-c1nnc2c3ccccc3c3cc(-c4cc(-c5ccc(C(C)(C)C)cc5)cc(-c5ccc(C(C)(C)C)cc5)c4)ccc3n12. The topological polar surface area (TPSA) is 30.2 Å². The fourth-order valence-electron chi connectivity index (χ4n) is 7.51. The minimum absolute atomic E-state index is 0.0994. The van der Waals surface area contributed by atoms with E-state index in [1.165, 1.54) is 66.4 Å².